The Labute approximate surface area is 84.5 Å². The van der Waals surface area contributed by atoms with Gasteiger partial charge in [-0.3, -0.25) is 4.99 Å². The second-order valence-corrected chi connectivity index (χ2v) is 4.49. The fraction of sp³-hybridized carbons (Fsp3) is 0.818. The van der Waals surface area contributed by atoms with Crippen LogP contribution < -0.4 is 0 Å². The SMILES string of the molecule is CC(C)OC(=O)[C@H]1N=C[C@@H]2CCC[C@@H]21. The summed E-state index contributed by atoms with van der Waals surface area (Å²) in [6.07, 6.45) is 5.48. The van der Waals surface area contributed by atoms with Crippen LogP contribution >= 0.6 is 0 Å². The van der Waals surface area contributed by atoms with Crippen LogP contribution in [0.3, 0.4) is 0 Å². The molecule has 0 N–H and O–H groups in total. The van der Waals surface area contributed by atoms with E-state index in [0.29, 0.717) is 11.8 Å². The van der Waals surface area contributed by atoms with Gasteiger partial charge in [-0.25, -0.2) is 4.79 Å². The molecule has 0 unspecified atom stereocenters. The van der Waals surface area contributed by atoms with Crippen LogP contribution in [0.15, 0.2) is 4.99 Å². The molecule has 0 aromatic carbocycles. The van der Waals surface area contributed by atoms with Crippen molar-refractivity contribution >= 4 is 12.2 Å². The number of nitrogens with zero attached hydrogens (tertiary/aromatic N) is 1. The quantitative estimate of drug-likeness (QED) is 0.630. The number of rotatable bonds is 2. The molecule has 0 spiro atoms. The number of fused-ring (bicyclic) bond motifs is 1. The Kier molecular flexibility index (Phi) is 2.57. The van der Waals surface area contributed by atoms with Gasteiger partial charge < -0.3 is 4.74 Å². The molecule has 0 amide bonds. The van der Waals surface area contributed by atoms with Crippen molar-refractivity contribution < 1.29 is 9.53 Å². The number of ether oxygens (including phenoxy) is 1. The van der Waals surface area contributed by atoms with Gasteiger partial charge in [0.05, 0.1) is 6.10 Å². The van der Waals surface area contributed by atoms with E-state index in [2.05, 4.69) is 4.99 Å². The zero-order chi connectivity index (χ0) is 10.1. The maximum Gasteiger partial charge on any atom is 0.331 e. The molecule has 0 saturated heterocycles. The number of carbonyl (C=O) groups is 1. The monoisotopic (exact) mass is 195 g/mol. The lowest BCUT2D eigenvalue weighted by atomic mass is 9.93. The molecular weight excluding hydrogens is 178 g/mol. The van der Waals surface area contributed by atoms with Gasteiger partial charge >= 0.3 is 5.97 Å². The fourth-order valence-electron chi connectivity index (χ4n) is 2.45. The minimum absolute atomic E-state index is 0.0295. The molecule has 14 heavy (non-hydrogen) atoms. The van der Waals surface area contributed by atoms with E-state index in [9.17, 15) is 4.79 Å². The molecule has 0 bridgehead atoms. The fourth-order valence-corrected chi connectivity index (χ4v) is 2.45. The van der Waals surface area contributed by atoms with E-state index in [0.717, 1.165) is 6.42 Å². The average molecular weight is 195 g/mol. The Balaban J connectivity index is 1.98. The molecule has 0 aromatic rings. The van der Waals surface area contributed by atoms with Crippen LogP contribution in [0.2, 0.25) is 0 Å². The van der Waals surface area contributed by atoms with Crippen LogP contribution in [0, 0.1) is 11.8 Å². The van der Waals surface area contributed by atoms with Crippen LogP contribution in [-0.2, 0) is 9.53 Å². The van der Waals surface area contributed by atoms with Gasteiger partial charge in [-0.2, -0.15) is 0 Å². The summed E-state index contributed by atoms with van der Waals surface area (Å²) in [4.78, 5) is 15.9. The van der Waals surface area contributed by atoms with E-state index in [1.807, 2.05) is 20.1 Å². The average Bonchev–Trinajstić information content (AvgIpc) is 2.59. The Morgan fingerprint density at radius 1 is 1.50 bits per heavy atom. The maximum atomic E-state index is 11.7. The van der Waals surface area contributed by atoms with Crippen molar-refractivity contribution in [1.29, 1.82) is 0 Å². The summed E-state index contributed by atoms with van der Waals surface area (Å²) in [6, 6.07) is -0.204. The first-order chi connectivity index (χ1) is 6.68. The topological polar surface area (TPSA) is 38.7 Å². The molecule has 3 atom stereocenters. The number of carbonyl (C=O) groups excluding carboxylic acids is 1. The summed E-state index contributed by atoms with van der Waals surface area (Å²) in [5, 5.41) is 0. The molecular formula is C11H17NO2. The molecule has 2 aliphatic rings. The summed E-state index contributed by atoms with van der Waals surface area (Å²) in [6.45, 7) is 3.76. The molecule has 1 fully saturated rings. The molecule has 1 aliphatic carbocycles. The third-order valence-electron chi connectivity index (χ3n) is 3.06. The Morgan fingerprint density at radius 3 is 3.00 bits per heavy atom. The van der Waals surface area contributed by atoms with Crippen molar-refractivity contribution in [3.05, 3.63) is 0 Å². The third-order valence-corrected chi connectivity index (χ3v) is 3.06. The van der Waals surface area contributed by atoms with Gasteiger partial charge in [0.1, 0.15) is 0 Å². The minimum Gasteiger partial charge on any atom is -0.461 e. The van der Waals surface area contributed by atoms with Crippen LogP contribution in [-0.4, -0.2) is 24.3 Å². The van der Waals surface area contributed by atoms with Crippen LogP contribution in [0.25, 0.3) is 0 Å². The van der Waals surface area contributed by atoms with E-state index in [4.69, 9.17) is 4.74 Å². The first kappa shape index (κ1) is 9.69. The number of hydrogen-bond donors (Lipinski definition) is 0. The summed E-state index contributed by atoms with van der Waals surface area (Å²) in [5.41, 5.74) is 0. The number of hydrogen-bond acceptors (Lipinski definition) is 3. The number of esters is 1. The lowest BCUT2D eigenvalue weighted by Gasteiger charge is -2.17. The molecule has 0 radical (unpaired) electrons. The molecule has 0 aromatic heterocycles. The molecule has 1 saturated carbocycles. The predicted molar refractivity (Wildman–Crippen MR) is 54.3 cm³/mol. The van der Waals surface area contributed by atoms with Crippen LogP contribution in [0.5, 0.6) is 0 Å². The largest absolute Gasteiger partial charge is 0.461 e. The van der Waals surface area contributed by atoms with E-state index < -0.39 is 0 Å². The minimum atomic E-state index is -0.204. The second-order valence-electron chi connectivity index (χ2n) is 4.49. The first-order valence-electron chi connectivity index (χ1n) is 5.42. The lowest BCUT2D eigenvalue weighted by Crippen LogP contribution is -2.29. The zero-order valence-electron chi connectivity index (χ0n) is 8.77. The molecule has 3 nitrogen and oxygen atoms in total. The molecule has 2 rings (SSSR count). The van der Waals surface area contributed by atoms with Gasteiger partial charge in [0.25, 0.3) is 0 Å². The standard InChI is InChI=1S/C11H17NO2/c1-7(2)14-11(13)10-9-5-3-4-8(9)6-12-10/h6-10H,3-5H2,1-2H3/t8-,9-,10-/m0/s1. The van der Waals surface area contributed by atoms with Crippen molar-refractivity contribution in [2.24, 2.45) is 16.8 Å². The van der Waals surface area contributed by atoms with Crippen molar-refractivity contribution in [2.45, 2.75) is 45.3 Å². The summed E-state index contributed by atoms with van der Waals surface area (Å²) < 4.78 is 5.19. The van der Waals surface area contributed by atoms with Crippen molar-refractivity contribution in [2.75, 3.05) is 0 Å². The van der Waals surface area contributed by atoms with Gasteiger partial charge in [-0.15, -0.1) is 0 Å². The Bertz CT molecular complexity index is 260. The normalized spacial score (nSPS) is 34.9. The smallest absolute Gasteiger partial charge is 0.331 e. The molecule has 1 heterocycles. The second kappa shape index (κ2) is 3.71. The van der Waals surface area contributed by atoms with Gasteiger partial charge in [0, 0.05) is 6.21 Å². The summed E-state index contributed by atoms with van der Waals surface area (Å²) >= 11 is 0. The molecule has 3 heteroatoms. The van der Waals surface area contributed by atoms with Crippen LogP contribution in [0.1, 0.15) is 33.1 Å². The Morgan fingerprint density at radius 2 is 2.29 bits per heavy atom. The third kappa shape index (κ3) is 1.68. The van der Waals surface area contributed by atoms with E-state index >= 15 is 0 Å². The lowest BCUT2D eigenvalue weighted by molar-refractivity contribution is -0.150. The highest BCUT2D eigenvalue weighted by atomic mass is 16.5. The maximum absolute atomic E-state index is 11.7. The van der Waals surface area contributed by atoms with Crippen molar-refractivity contribution in [1.82, 2.24) is 0 Å². The van der Waals surface area contributed by atoms with Gasteiger partial charge in [0.15, 0.2) is 6.04 Å². The molecule has 78 valence electrons. The van der Waals surface area contributed by atoms with E-state index in [-0.39, 0.29) is 18.1 Å². The number of aliphatic imine (C=N–C) groups is 1. The zero-order valence-corrected chi connectivity index (χ0v) is 8.77. The van der Waals surface area contributed by atoms with Gasteiger partial charge in [-0.05, 0) is 38.5 Å². The van der Waals surface area contributed by atoms with Crippen molar-refractivity contribution in [3.63, 3.8) is 0 Å². The van der Waals surface area contributed by atoms with E-state index in [1.54, 1.807) is 0 Å². The first-order valence-corrected chi connectivity index (χ1v) is 5.42. The summed E-state index contributed by atoms with van der Waals surface area (Å²) in [5.74, 6) is 0.839. The highest BCUT2D eigenvalue weighted by Gasteiger charge is 2.41. The van der Waals surface area contributed by atoms with Gasteiger partial charge in [-0.1, -0.05) is 6.42 Å². The van der Waals surface area contributed by atoms with Gasteiger partial charge in [0.2, 0.25) is 0 Å². The highest BCUT2D eigenvalue weighted by molar-refractivity contribution is 5.82. The summed E-state index contributed by atoms with van der Waals surface area (Å²) in [7, 11) is 0. The van der Waals surface area contributed by atoms with Crippen molar-refractivity contribution in [3.8, 4) is 0 Å². The highest BCUT2D eigenvalue weighted by Crippen LogP contribution is 2.38. The van der Waals surface area contributed by atoms with E-state index in [1.165, 1.54) is 12.8 Å². The van der Waals surface area contributed by atoms with Crippen LogP contribution in [0.4, 0.5) is 0 Å². The molecule has 1 aliphatic heterocycles. The Hall–Kier alpha value is -0.860. The predicted octanol–water partition coefficient (Wildman–Crippen LogP) is 1.81.